The van der Waals surface area contributed by atoms with Crippen molar-refractivity contribution in [2.45, 2.75) is 29.5 Å². The molecule has 3 aromatic rings. The second-order valence-electron chi connectivity index (χ2n) is 7.60. The largest absolute Gasteiger partial charge is 0.464 e. The van der Waals surface area contributed by atoms with E-state index in [0.717, 1.165) is 30.0 Å². The van der Waals surface area contributed by atoms with Gasteiger partial charge in [0.1, 0.15) is 5.76 Å². The highest BCUT2D eigenvalue weighted by Gasteiger charge is 2.50. The maximum Gasteiger partial charge on any atom is 0.183 e. The van der Waals surface area contributed by atoms with E-state index in [1.54, 1.807) is 12.3 Å². The molecule has 0 radical (unpaired) electrons. The summed E-state index contributed by atoms with van der Waals surface area (Å²) >= 11 is 0. The highest BCUT2D eigenvalue weighted by molar-refractivity contribution is 7.92. The molecule has 5 heteroatoms. The fourth-order valence-corrected chi connectivity index (χ4v) is 6.71. The van der Waals surface area contributed by atoms with E-state index in [2.05, 4.69) is 36.1 Å². The molecule has 5 rings (SSSR count). The zero-order valence-electron chi connectivity index (χ0n) is 15.1. The van der Waals surface area contributed by atoms with Crippen molar-refractivity contribution in [3.63, 3.8) is 0 Å². The van der Waals surface area contributed by atoms with Crippen LogP contribution in [0.3, 0.4) is 0 Å². The van der Waals surface area contributed by atoms with Crippen LogP contribution in [-0.2, 0) is 16.4 Å². The second kappa shape index (κ2) is 6.08. The molecule has 2 atom stereocenters. The number of fused-ring (bicyclic) bond motifs is 3. The third kappa shape index (κ3) is 2.73. The van der Waals surface area contributed by atoms with Gasteiger partial charge >= 0.3 is 0 Å². The van der Waals surface area contributed by atoms with Gasteiger partial charge in [-0.2, -0.15) is 0 Å². The second-order valence-corrected chi connectivity index (χ2v) is 9.74. The third-order valence-corrected chi connectivity index (χ3v) is 8.01. The molecule has 0 unspecified atom stereocenters. The van der Waals surface area contributed by atoms with Gasteiger partial charge in [0.05, 0.1) is 16.4 Å². The lowest BCUT2D eigenvalue weighted by molar-refractivity contribution is 0.325. The molecule has 138 valence electrons. The Morgan fingerprint density at radius 2 is 1.96 bits per heavy atom. The lowest BCUT2D eigenvalue weighted by Gasteiger charge is -2.17. The molecule has 4 nitrogen and oxygen atoms in total. The van der Waals surface area contributed by atoms with Crippen molar-refractivity contribution in [1.82, 2.24) is 4.90 Å². The average molecular weight is 379 g/mol. The summed E-state index contributed by atoms with van der Waals surface area (Å²) < 4.78 is 31.6. The average Bonchev–Trinajstić information content (AvgIpc) is 3.34. The van der Waals surface area contributed by atoms with Gasteiger partial charge in [0, 0.05) is 31.1 Å². The van der Waals surface area contributed by atoms with Crippen LogP contribution in [-0.4, -0.2) is 31.7 Å². The number of nitrogens with zero attached hydrogens (tertiary/aromatic N) is 1. The van der Waals surface area contributed by atoms with Crippen molar-refractivity contribution in [2.24, 2.45) is 0 Å². The number of hydrogen-bond acceptors (Lipinski definition) is 4. The Bertz CT molecular complexity index is 1100. The van der Waals surface area contributed by atoms with Gasteiger partial charge < -0.3 is 4.42 Å². The van der Waals surface area contributed by atoms with E-state index in [1.807, 2.05) is 24.3 Å². The van der Waals surface area contributed by atoms with E-state index in [9.17, 15) is 8.42 Å². The Morgan fingerprint density at radius 3 is 2.74 bits per heavy atom. The van der Waals surface area contributed by atoms with Crippen molar-refractivity contribution in [3.05, 3.63) is 77.6 Å². The molecular formula is C22H21NO3S. The minimum Gasteiger partial charge on any atom is -0.464 e. The highest BCUT2D eigenvalue weighted by Crippen LogP contribution is 2.46. The van der Waals surface area contributed by atoms with Crippen molar-refractivity contribution in [1.29, 1.82) is 0 Å². The first-order chi connectivity index (χ1) is 13.0. The SMILES string of the molecule is Cc1cccc(CN2C[C@H]3c4cc(-c5ccco5)ccc4S(=O)(=O)[C@H]3C2)c1. The van der Waals surface area contributed by atoms with E-state index >= 15 is 0 Å². The molecule has 0 amide bonds. The van der Waals surface area contributed by atoms with Crippen molar-refractivity contribution in [3.8, 4) is 11.3 Å². The number of sulfone groups is 1. The van der Waals surface area contributed by atoms with Crippen LogP contribution in [0.5, 0.6) is 0 Å². The van der Waals surface area contributed by atoms with Gasteiger partial charge in [-0.05, 0) is 48.4 Å². The van der Waals surface area contributed by atoms with Gasteiger partial charge in [0.15, 0.2) is 9.84 Å². The van der Waals surface area contributed by atoms with Crippen LogP contribution >= 0.6 is 0 Å². The molecule has 0 saturated carbocycles. The monoisotopic (exact) mass is 379 g/mol. The predicted molar refractivity (Wildman–Crippen MR) is 104 cm³/mol. The summed E-state index contributed by atoms with van der Waals surface area (Å²) in [5, 5.41) is -0.343. The topological polar surface area (TPSA) is 50.5 Å². The van der Waals surface area contributed by atoms with Crippen LogP contribution in [0.4, 0.5) is 0 Å². The predicted octanol–water partition coefficient (Wildman–Crippen LogP) is 4.01. The lowest BCUT2D eigenvalue weighted by Crippen LogP contribution is -2.25. The summed E-state index contributed by atoms with van der Waals surface area (Å²) in [7, 11) is -3.27. The Labute approximate surface area is 159 Å². The summed E-state index contributed by atoms with van der Waals surface area (Å²) in [4.78, 5) is 2.77. The first kappa shape index (κ1) is 16.8. The first-order valence-electron chi connectivity index (χ1n) is 9.22. The summed E-state index contributed by atoms with van der Waals surface area (Å²) in [6.07, 6.45) is 1.64. The first-order valence-corrected chi connectivity index (χ1v) is 10.8. The summed E-state index contributed by atoms with van der Waals surface area (Å²) in [5.74, 6) is 0.804. The maximum absolute atomic E-state index is 13.1. The molecular weight excluding hydrogens is 358 g/mol. The van der Waals surface area contributed by atoms with E-state index < -0.39 is 9.84 Å². The fraction of sp³-hybridized carbons (Fsp3) is 0.273. The molecule has 0 bridgehead atoms. The highest BCUT2D eigenvalue weighted by atomic mass is 32.2. The van der Waals surface area contributed by atoms with E-state index in [0.29, 0.717) is 11.4 Å². The molecule has 1 saturated heterocycles. The van der Waals surface area contributed by atoms with Crippen LogP contribution in [0.2, 0.25) is 0 Å². The number of hydrogen-bond donors (Lipinski definition) is 0. The third-order valence-electron chi connectivity index (χ3n) is 5.75. The molecule has 3 heterocycles. The number of aryl methyl sites for hydroxylation is 1. The van der Waals surface area contributed by atoms with Gasteiger partial charge in [0.2, 0.25) is 0 Å². The number of rotatable bonds is 3. The van der Waals surface area contributed by atoms with Crippen LogP contribution in [0, 0.1) is 6.92 Å². The Hall–Kier alpha value is -2.37. The molecule has 2 aliphatic rings. The zero-order chi connectivity index (χ0) is 18.6. The normalized spacial score (nSPS) is 23.3. The van der Waals surface area contributed by atoms with Crippen molar-refractivity contribution < 1.29 is 12.8 Å². The molecule has 0 aliphatic carbocycles. The van der Waals surface area contributed by atoms with Gasteiger partial charge in [-0.3, -0.25) is 4.90 Å². The zero-order valence-corrected chi connectivity index (χ0v) is 15.9. The number of furan rings is 1. The van der Waals surface area contributed by atoms with Crippen LogP contribution in [0.1, 0.15) is 22.6 Å². The molecule has 0 spiro atoms. The fourth-order valence-electron chi connectivity index (χ4n) is 4.52. The van der Waals surface area contributed by atoms with Gasteiger partial charge in [-0.15, -0.1) is 0 Å². The van der Waals surface area contributed by atoms with E-state index in [1.165, 1.54) is 11.1 Å². The smallest absolute Gasteiger partial charge is 0.183 e. The standard InChI is InChI=1S/C22H21NO3S/c1-15-4-2-5-16(10-15)12-23-13-19-18-11-17(20-6-3-9-26-20)7-8-21(18)27(24,25)22(19)14-23/h2-11,19,22H,12-14H2,1H3/t19-,22-/m0/s1. The summed E-state index contributed by atoms with van der Waals surface area (Å²) in [6.45, 7) is 4.23. The van der Waals surface area contributed by atoms with Crippen molar-refractivity contribution >= 4 is 9.84 Å². The van der Waals surface area contributed by atoms with Crippen molar-refractivity contribution in [2.75, 3.05) is 13.1 Å². The number of benzene rings is 2. The lowest BCUT2D eigenvalue weighted by atomic mass is 9.96. The quantitative estimate of drug-likeness (QED) is 0.690. The van der Waals surface area contributed by atoms with Crippen LogP contribution in [0.25, 0.3) is 11.3 Å². The minimum atomic E-state index is -3.27. The minimum absolute atomic E-state index is 0.0321. The molecule has 1 fully saturated rings. The Morgan fingerprint density at radius 1 is 1.07 bits per heavy atom. The van der Waals surface area contributed by atoms with Gasteiger partial charge in [-0.25, -0.2) is 8.42 Å². The van der Waals surface area contributed by atoms with E-state index in [-0.39, 0.29) is 11.2 Å². The maximum atomic E-state index is 13.1. The molecule has 1 aromatic heterocycles. The van der Waals surface area contributed by atoms with E-state index in [4.69, 9.17) is 4.42 Å². The number of likely N-dealkylation sites (tertiary alicyclic amines) is 1. The Balaban J connectivity index is 1.47. The van der Waals surface area contributed by atoms with Gasteiger partial charge in [0.25, 0.3) is 0 Å². The Kier molecular flexibility index (Phi) is 3.78. The summed E-state index contributed by atoms with van der Waals surface area (Å²) in [5.41, 5.74) is 4.34. The molecule has 2 aromatic carbocycles. The molecule has 0 N–H and O–H groups in total. The van der Waals surface area contributed by atoms with Gasteiger partial charge in [-0.1, -0.05) is 29.8 Å². The summed E-state index contributed by atoms with van der Waals surface area (Å²) in [6, 6.07) is 17.8. The molecule has 27 heavy (non-hydrogen) atoms. The van der Waals surface area contributed by atoms with Crippen LogP contribution in [0.15, 0.2) is 70.2 Å². The van der Waals surface area contributed by atoms with Crippen LogP contribution < -0.4 is 0 Å². The molecule has 2 aliphatic heterocycles.